The topological polar surface area (TPSA) is 37.9 Å². The molecule has 0 radical (unpaired) electrons. The largest absolute Gasteiger partial charge is 0.496 e. The van der Waals surface area contributed by atoms with E-state index in [4.69, 9.17) is 4.74 Å². The zero-order valence-electron chi connectivity index (χ0n) is 11.3. The minimum atomic E-state index is -4.42. The van der Waals surface area contributed by atoms with Crippen LogP contribution in [0.15, 0.2) is 40.9 Å². The molecule has 0 saturated carbocycles. The molecule has 22 heavy (non-hydrogen) atoms. The van der Waals surface area contributed by atoms with Crippen molar-refractivity contribution in [3.8, 4) is 17.1 Å². The van der Waals surface area contributed by atoms with Crippen LogP contribution < -0.4 is 4.74 Å². The number of imidazole rings is 1. The molecule has 0 spiro atoms. The number of fused-ring (bicyclic) bond motifs is 1. The summed E-state index contributed by atoms with van der Waals surface area (Å²) in [5.74, 6) is 1.04. The Hall–Kier alpha value is -2.02. The van der Waals surface area contributed by atoms with E-state index in [0.717, 1.165) is 12.1 Å². The van der Waals surface area contributed by atoms with Crippen molar-refractivity contribution in [3.63, 3.8) is 0 Å². The number of nitrogens with one attached hydrogen (secondary N) is 1. The fourth-order valence-electron chi connectivity index (χ4n) is 2.20. The van der Waals surface area contributed by atoms with Crippen LogP contribution in [0.4, 0.5) is 13.2 Å². The van der Waals surface area contributed by atoms with E-state index in [0.29, 0.717) is 27.1 Å². The normalized spacial score (nSPS) is 11.9. The van der Waals surface area contributed by atoms with Gasteiger partial charge < -0.3 is 9.72 Å². The van der Waals surface area contributed by atoms with Gasteiger partial charge in [-0.2, -0.15) is 13.2 Å². The first-order valence-electron chi connectivity index (χ1n) is 6.30. The maximum absolute atomic E-state index is 12.9. The number of hydrogen-bond acceptors (Lipinski definition) is 2. The summed E-state index contributed by atoms with van der Waals surface area (Å²) in [5, 5.41) is 0. The van der Waals surface area contributed by atoms with Gasteiger partial charge in [0.05, 0.1) is 29.3 Å². The second-order valence-electron chi connectivity index (χ2n) is 4.64. The van der Waals surface area contributed by atoms with Gasteiger partial charge in [-0.15, -0.1) is 0 Å². The number of para-hydroxylation sites is 1. The second kappa shape index (κ2) is 5.31. The number of nitrogens with zero attached hydrogens (tertiary/aromatic N) is 1. The monoisotopic (exact) mass is 370 g/mol. The fourth-order valence-corrected chi connectivity index (χ4v) is 2.75. The molecule has 0 saturated heterocycles. The highest BCUT2D eigenvalue weighted by molar-refractivity contribution is 9.10. The maximum Gasteiger partial charge on any atom is 0.416 e. The van der Waals surface area contributed by atoms with E-state index < -0.39 is 11.7 Å². The van der Waals surface area contributed by atoms with E-state index in [-0.39, 0.29) is 5.52 Å². The van der Waals surface area contributed by atoms with Crippen LogP contribution in [0.25, 0.3) is 22.4 Å². The lowest BCUT2D eigenvalue weighted by molar-refractivity contribution is -0.137. The summed E-state index contributed by atoms with van der Waals surface area (Å²) in [7, 11) is 1.53. The van der Waals surface area contributed by atoms with Crippen LogP contribution in [0.3, 0.4) is 0 Å². The van der Waals surface area contributed by atoms with E-state index in [9.17, 15) is 13.2 Å². The summed E-state index contributed by atoms with van der Waals surface area (Å²) in [6.45, 7) is 0. The first kappa shape index (κ1) is 14.9. The fraction of sp³-hybridized carbons (Fsp3) is 0.133. The minimum Gasteiger partial charge on any atom is -0.496 e. The molecule has 0 aliphatic rings. The first-order valence-corrected chi connectivity index (χ1v) is 7.09. The average Bonchev–Trinajstić information content (AvgIpc) is 2.90. The third-order valence-corrected chi connectivity index (χ3v) is 3.86. The third-order valence-electron chi connectivity index (χ3n) is 3.23. The Morgan fingerprint density at radius 3 is 2.59 bits per heavy atom. The molecular formula is C15H10BrF3N2O. The van der Waals surface area contributed by atoms with Crippen molar-refractivity contribution >= 4 is 27.0 Å². The van der Waals surface area contributed by atoms with Crippen molar-refractivity contribution in [1.29, 1.82) is 0 Å². The van der Waals surface area contributed by atoms with Gasteiger partial charge in [-0.3, -0.25) is 0 Å². The second-order valence-corrected chi connectivity index (χ2v) is 5.49. The van der Waals surface area contributed by atoms with Gasteiger partial charge in [0.1, 0.15) is 11.6 Å². The maximum atomic E-state index is 12.9. The number of methoxy groups -OCH3 is 1. The Bertz CT molecular complexity index is 842. The van der Waals surface area contributed by atoms with Crippen molar-refractivity contribution in [2.45, 2.75) is 6.18 Å². The molecule has 1 aromatic heterocycles. The number of hydrogen-bond donors (Lipinski definition) is 1. The number of H-pyrrole nitrogens is 1. The average molecular weight is 371 g/mol. The number of aromatic nitrogens is 2. The van der Waals surface area contributed by atoms with Gasteiger partial charge in [-0.1, -0.05) is 12.1 Å². The zero-order chi connectivity index (χ0) is 15.9. The van der Waals surface area contributed by atoms with E-state index in [1.165, 1.54) is 7.11 Å². The quantitative estimate of drug-likeness (QED) is 0.687. The number of aromatic amines is 1. The smallest absolute Gasteiger partial charge is 0.416 e. The number of rotatable bonds is 2. The van der Waals surface area contributed by atoms with Crippen LogP contribution in [-0.2, 0) is 6.18 Å². The molecule has 7 heteroatoms. The van der Waals surface area contributed by atoms with E-state index >= 15 is 0 Å². The van der Waals surface area contributed by atoms with Crippen molar-refractivity contribution in [1.82, 2.24) is 9.97 Å². The van der Waals surface area contributed by atoms with Gasteiger partial charge in [0.15, 0.2) is 0 Å². The van der Waals surface area contributed by atoms with Crippen molar-refractivity contribution in [3.05, 3.63) is 46.4 Å². The minimum absolute atomic E-state index is 0.239. The van der Waals surface area contributed by atoms with Crippen LogP contribution in [0.1, 0.15) is 5.56 Å². The summed E-state index contributed by atoms with van der Waals surface area (Å²) in [6.07, 6.45) is -4.42. The predicted octanol–water partition coefficient (Wildman–Crippen LogP) is 5.02. The molecule has 3 rings (SSSR count). The third kappa shape index (κ3) is 2.56. The molecule has 2 aromatic carbocycles. The SMILES string of the molecule is COc1ccccc1-c1nc2cc(C(F)(F)F)cc(Br)c2[nH]1. The number of benzene rings is 2. The van der Waals surface area contributed by atoms with Crippen LogP contribution >= 0.6 is 15.9 Å². The highest BCUT2D eigenvalue weighted by Gasteiger charge is 2.31. The molecule has 3 nitrogen and oxygen atoms in total. The number of ether oxygens (including phenoxy) is 1. The molecule has 0 unspecified atom stereocenters. The van der Waals surface area contributed by atoms with Gasteiger partial charge in [0.25, 0.3) is 0 Å². The molecule has 114 valence electrons. The van der Waals surface area contributed by atoms with Gasteiger partial charge in [0.2, 0.25) is 0 Å². The Kier molecular flexibility index (Phi) is 3.60. The molecule has 1 N–H and O–H groups in total. The van der Waals surface area contributed by atoms with E-state index in [2.05, 4.69) is 25.9 Å². The summed E-state index contributed by atoms with van der Waals surface area (Å²) in [5.41, 5.74) is 0.683. The molecule has 0 aliphatic carbocycles. The standard InChI is InChI=1S/C15H10BrF3N2O/c1-22-12-5-3-2-4-9(12)14-20-11-7-8(15(17,18)19)6-10(16)13(11)21-14/h2-7H,1H3,(H,20,21). The summed E-state index contributed by atoms with van der Waals surface area (Å²) in [6, 6.07) is 9.22. The Labute approximate surface area is 132 Å². The van der Waals surface area contributed by atoms with Gasteiger partial charge in [-0.05, 0) is 40.2 Å². The number of alkyl halides is 3. The Morgan fingerprint density at radius 1 is 1.18 bits per heavy atom. The summed E-state index contributed by atoms with van der Waals surface area (Å²) >= 11 is 3.16. The summed E-state index contributed by atoms with van der Waals surface area (Å²) < 4.78 is 44.2. The highest BCUT2D eigenvalue weighted by atomic mass is 79.9. The van der Waals surface area contributed by atoms with Crippen LogP contribution in [0.5, 0.6) is 5.75 Å². The predicted molar refractivity (Wildman–Crippen MR) is 80.8 cm³/mol. The van der Waals surface area contributed by atoms with Gasteiger partial charge in [-0.25, -0.2) is 4.98 Å². The molecular weight excluding hydrogens is 361 g/mol. The van der Waals surface area contributed by atoms with Crippen molar-refractivity contribution < 1.29 is 17.9 Å². The van der Waals surface area contributed by atoms with Crippen LogP contribution in [0.2, 0.25) is 0 Å². The van der Waals surface area contributed by atoms with E-state index in [1.54, 1.807) is 18.2 Å². The van der Waals surface area contributed by atoms with Crippen LogP contribution in [0, 0.1) is 0 Å². The lowest BCUT2D eigenvalue weighted by atomic mass is 10.2. The highest BCUT2D eigenvalue weighted by Crippen LogP contribution is 2.36. The van der Waals surface area contributed by atoms with E-state index in [1.807, 2.05) is 6.07 Å². The van der Waals surface area contributed by atoms with Crippen LogP contribution in [-0.4, -0.2) is 17.1 Å². The lowest BCUT2D eigenvalue weighted by Gasteiger charge is -2.06. The molecule has 0 atom stereocenters. The zero-order valence-corrected chi connectivity index (χ0v) is 12.9. The number of halogens is 4. The molecule has 0 aliphatic heterocycles. The first-order chi connectivity index (χ1) is 10.4. The van der Waals surface area contributed by atoms with Gasteiger partial charge in [0, 0.05) is 4.47 Å². The Balaban J connectivity index is 2.20. The molecule has 0 fully saturated rings. The van der Waals surface area contributed by atoms with Crippen molar-refractivity contribution in [2.24, 2.45) is 0 Å². The molecule has 0 bridgehead atoms. The molecule has 0 amide bonds. The Morgan fingerprint density at radius 2 is 1.91 bits per heavy atom. The molecule has 1 heterocycles. The van der Waals surface area contributed by atoms with Crippen molar-refractivity contribution in [2.75, 3.05) is 7.11 Å². The molecule has 3 aromatic rings. The lowest BCUT2D eigenvalue weighted by Crippen LogP contribution is -2.04. The van der Waals surface area contributed by atoms with Gasteiger partial charge >= 0.3 is 6.18 Å². The summed E-state index contributed by atoms with van der Waals surface area (Å²) in [4.78, 5) is 7.29.